The molecule has 0 atom stereocenters. The molecule has 3 rings (SSSR count). The van der Waals surface area contributed by atoms with Crippen LogP contribution in [0.5, 0.6) is 5.75 Å². The Bertz CT molecular complexity index is 874. The number of benzene rings is 2. The van der Waals surface area contributed by atoms with Crippen molar-refractivity contribution in [3.63, 3.8) is 0 Å². The van der Waals surface area contributed by atoms with Crippen molar-refractivity contribution in [1.29, 1.82) is 0 Å². The molecule has 2 aromatic carbocycles. The zero-order valence-electron chi connectivity index (χ0n) is 13.8. The predicted octanol–water partition coefficient (Wildman–Crippen LogP) is 3.08. The average molecular weight is 341 g/mol. The van der Waals surface area contributed by atoms with E-state index in [0.717, 1.165) is 11.4 Å². The number of nitrogens with zero attached hydrogens (tertiary/aromatic N) is 3. The van der Waals surface area contributed by atoms with Gasteiger partial charge >= 0.3 is 5.97 Å². The van der Waals surface area contributed by atoms with Gasteiger partial charge in [-0.25, -0.2) is 13.9 Å². The summed E-state index contributed by atoms with van der Waals surface area (Å²) in [4.78, 5) is 12.2. The van der Waals surface area contributed by atoms with Crippen molar-refractivity contribution in [1.82, 2.24) is 15.0 Å². The zero-order chi connectivity index (χ0) is 17.8. The Hall–Kier alpha value is -3.22. The molecule has 0 amide bonds. The number of aromatic nitrogens is 3. The summed E-state index contributed by atoms with van der Waals surface area (Å²) in [5, 5.41) is 7.91. The molecular formula is C18H16FN3O3. The molecule has 6 nitrogen and oxygen atoms in total. The van der Waals surface area contributed by atoms with Gasteiger partial charge in [-0.1, -0.05) is 17.3 Å². The van der Waals surface area contributed by atoms with Crippen molar-refractivity contribution in [2.45, 2.75) is 13.5 Å². The second-order valence-corrected chi connectivity index (χ2v) is 5.34. The van der Waals surface area contributed by atoms with Crippen LogP contribution in [-0.4, -0.2) is 28.1 Å². The first-order valence-electron chi connectivity index (χ1n) is 7.57. The summed E-state index contributed by atoms with van der Waals surface area (Å²) in [5.74, 6) is -0.199. The van der Waals surface area contributed by atoms with Gasteiger partial charge in [0.1, 0.15) is 18.2 Å². The maximum atomic E-state index is 12.9. The number of methoxy groups -OCH3 is 1. The van der Waals surface area contributed by atoms with E-state index >= 15 is 0 Å². The van der Waals surface area contributed by atoms with Gasteiger partial charge < -0.3 is 9.47 Å². The third-order valence-electron chi connectivity index (χ3n) is 3.69. The van der Waals surface area contributed by atoms with Gasteiger partial charge in [0.05, 0.1) is 18.5 Å². The van der Waals surface area contributed by atoms with E-state index in [0.29, 0.717) is 11.3 Å². The molecule has 0 aliphatic rings. The van der Waals surface area contributed by atoms with Gasteiger partial charge in [-0.05, 0) is 48.9 Å². The molecule has 0 bridgehead atoms. The van der Waals surface area contributed by atoms with Gasteiger partial charge in [0.15, 0.2) is 5.69 Å². The minimum absolute atomic E-state index is 0.0357. The predicted molar refractivity (Wildman–Crippen MR) is 88.2 cm³/mol. The fourth-order valence-electron chi connectivity index (χ4n) is 2.28. The molecule has 0 N–H and O–H groups in total. The van der Waals surface area contributed by atoms with Gasteiger partial charge in [-0.15, -0.1) is 5.10 Å². The van der Waals surface area contributed by atoms with Crippen LogP contribution < -0.4 is 4.74 Å². The zero-order valence-corrected chi connectivity index (χ0v) is 13.8. The van der Waals surface area contributed by atoms with Gasteiger partial charge in [0, 0.05) is 0 Å². The lowest BCUT2D eigenvalue weighted by atomic mass is 10.2. The monoisotopic (exact) mass is 341 g/mol. The Kier molecular flexibility index (Phi) is 4.74. The van der Waals surface area contributed by atoms with E-state index in [1.54, 1.807) is 43.0 Å². The van der Waals surface area contributed by atoms with E-state index in [-0.39, 0.29) is 18.1 Å². The number of hydrogen-bond donors (Lipinski definition) is 0. The second-order valence-electron chi connectivity index (χ2n) is 5.34. The molecule has 25 heavy (non-hydrogen) atoms. The molecule has 0 saturated heterocycles. The fraction of sp³-hybridized carbons (Fsp3) is 0.167. The minimum atomic E-state index is -0.582. The van der Waals surface area contributed by atoms with Crippen LogP contribution in [0, 0.1) is 12.7 Å². The SMILES string of the molecule is COc1ccc(-n2nnc(C(=O)OCc3ccc(F)cc3)c2C)cc1. The quantitative estimate of drug-likeness (QED) is 0.667. The lowest BCUT2D eigenvalue weighted by Gasteiger charge is -2.06. The van der Waals surface area contributed by atoms with Crippen LogP contribution in [0.4, 0.5) is 4.39 Å². The van der Waals surface area contributed by atoms with Crippen molar-refractivity contribution in [2.75, 3.05) is 7.11 Å². The van der Waals surface area contributed by atoms with E-state index in [1.807, 2.05) is 12.1 Å². The van der Waals surface area contributed by atoms with Crippen LogP contribution in [0.3, 0.4) is 0 Å². The van der Waals surface area contributed by atoms with Gasteiger partial charge in [-0.2, -0.15) is 0 Å². The third-order valence-corrected chi connectivity index (χ3v) is 3.69. The minimum Gasteiger partial charge on any atom is -0.497 e. The summed E-state index contributed by atoms with van der Waals surface area (Å²) >= 11 is 0. The molecule has 0 fully saturated rings. The number of rotatable bonds is 5. The van der Waals surface area contributed by atoms with E-state index < -0.39 is 5.97 Å². The number of halogens is 1. The fourth-order valence-corrected chi connectivity index (χ4v) is 2.28. The van der Waals surface area contributed by atoms with E-state index in [2.05, 4.69) is 10.3 Å². The molecule has 0 aliphatic carbocycles. The molecule has 1 aromatic heterocycles. The Morgan fingerprint density at radius 3 is 2.44 bits per heavy atom. The molecular weight excluding hydrogens is 325 g/mol. The first-order chi connectivity index (χ1) is 12.1. The normalized spacial score (nSPS) is 10.5. The average Bonchev–Trinajstić information content (AvgIpc) is 3.02. The van der Waals surface area contributed by atoms with Gasteiger partial charge in [0.2, 0.25) is 0 Å². The maximum absolute atomic E-state index is 12.9. The number of ether oxygens (including phenoxy) is 2. The molecule has 0 saturated carbocycles. The van der Waals surface area contributed by atoms with E-state index in [1.165, 1.54) is 12.1 Å². The summed E-state index contributed by atoms with van der Waals surface area (Å²) in [5.41, 5.74) is 2.14. The van der Waals surface area contributed by atoms with Crippen LogP contribution >= 0.6 is 0 Å². The van der Waals surface area contributed by atoms with Crippen molar-refractivity contribution in [3.8, 4) is 11.4 Å². The molecule has 0 spiro atoms. The summed E-state index contributed by atoms with van der Waals surface area (Å²) in [6.45, 7) is 1.77. The van der Waals surface area contributed by atoms with Crippen LogP contribution in [0.15, 0.2) is 48.5 Å². The third kappa shape index (κ3) is 3.65. The lowest BCUT2D eigenvalue weighted by Crippen LogP contribution is -2.08. The van der Waals surface area contributed by atoms with Crippen molar-refractivity contribution in [3.05, 3.63) is 71.3 Å². The van der Waals surface area contributed by atoms with Crippen molar-refractivity contribution < 1.29 is 18.7 Å². The molecule has 0 unspecified atom stereocenters. The highest BCUT2D eigenvalue weighted by molar-refractivity contribution is 5.88. The largest absolute Gasteiger partial charge is 0.497 e. The molecule has 3 aromatic rings. The highest BCUT2D eigenvalue weighted by Gasteiger charge is 2.19. The Balaban J connectivity index is 1.73. The van der Waals surface area contributed by atoms with E-state index in [4.69, 9.17) is 9.47 Å². The maximum Gasteiger partial charge on any atom is 0.361 e. The van der Waals surface area contributed by atoms with Crippen LogP contribution in [0.1, 0.15) is 21.7 Å². The number of carbonyl (C=O) groups excluding carboxylic acids is 1. The first kappa shape index (κ1) is 16.6. The number of carbonyl (C=O) groups is 1. The van der Waals surface area contributed by atoms with E-state index in [9.17, 15) is 9.18 Å². The molecule has 0 aliphatic heterocycles. The standard InChI is InChI=1S/C18H16FN3O3/c1-12-17(18(23)25-11-13-3-5-14(19)6-4-13)20-21-22(12)15-7-9-16(24-2)10-8-15/h3-10H,11H2,1-2H3. The smallest absolute Gasteiger partial charge is 0.361 e. The number of esters is 1. The molecule has 0 radical (unpaired) electrons. The lowest BCUT2D eigenvalue weighted by molar-refractivity contribution is 0.0464. The topological polar surface area (TPSA) is 66.2 Å². The highest BCUT2D eigenvalue weighted by atomic mass is 19.1. The summed E-state index contributed by atoms with van der Waals surface area (Å²) < 4.78 is 24.8. The summed E-state index contributed by atoms with van der Waals surface area (Å²) in [6, 6.07) is 13.0. The second kappa shape index (κ2) is 7.12. The Morgan fingerprint density at radius 1 is 1.12 bits per heavy atom. The number of hydrogen-bond acceptors (Lipinski definition) is 5. The highest BCUT2D eigenvalue weighted by Crippen LogP contribution is 2.17. The molecule has 7 heteroatoms. The van der Waals surface area contributed by atoms with Crippen LogP contribution in [-0.2, 0) is 11.3 Å². The van der Waals surface area contributed by atoms with Crippen LogP contribution in [0.25, 0.3) is 5.69 Å². The van der Waals surface area contributed by atoms with Gasteiger partial charge in [0.25, 0.3) is 0 Å². The Labute approximate surface area is 143 Å². The van der Waals surface area contributed by atoms with Crippen LogP contribution in [0.2, 0.25) is 0 Å². The molecule has 128 valence electrons. The van der Waals surface area contributed by atoms with Crippen molar-refractivity contribution in [2.24, 2.45) is 0 Å². The summed E-state index contributed by atoms with van der Waals surface area (Å²) in [7, 11) is 1.59. The van der Waals surface area contributed by atoms with Crippen molar-refractivity contribution >= 4 is 5.97 Å². The first-order valence-corrected chi connectivity index (χ1v) is 7.57. The molecule has 1 heterocycles. The Morgan fingerprint density at radius 2 is 1.80 bits per heavy atom. The van der Waals surface area contributed by atoms with Gasteiger partial charge in [-0.3, -0.25) is 0 Å². The summed E-state index contributed by atoms with van der Waals surface area (Å²) in [6.07, 6.45) is 0.